The van der Waals surface area contributed by atoms with Crippen LogP contribution in [0.3, 0.4) is 0 Å². The number of para-hydroxylation sites is 2. The lowest BCUT2D eigenvalue weighted by molar-refractivity contribution is -0.113. The van der Waals surface area contributed by atoms with E-state index in [9.17, 15) is 9.59 Å². The van der Waals surface area contributed by atoms with Crippen molar-refractivity contribution in [3.63, 3.8) is 0 Å². The molecule has 0 aliphatic carbocycles. The highest BCUT2D eigenvalue weighted by Crippen LogP contribution is 2.36. The molecule has 0 spiro atoms. The first-order valence-corrected chi connectivity index (χ1v) is 10.6. The van der Waals surface area contributed by atoms with E-state index < -0.39 is 0 Å². The molecule has 30 heavy (non-hydrogen) atoms. The highest BCUT2D eigenvalue weighted by molar-refractivity contribution is 8.19. The van der Waals surface area contributed by atoms with Crippen LogP contribution in [0.15, 0.2) is 77.7 Å². The van der Waals surface area contributed by atoms with E-state index in [-0.39, 0.29) is 17.8 Å². The van der Waals surface area contributed by atoms with Crippen molar-refractivity contribution in [2.75, 3.05) is 4.90 Å². The number of carbonyl (C=O) groups excluding carboxylic acids is 2. The number of hydrogen-bond donors (Lipinski definition) is 0. The number of amides is 2. The Balaban J connectivity index is 1.56. The van der Waals surface area contributed by atoms with Crippen molar-refractivity contribution in [3.05, 3.63) is 98.9 Å². The first-order valence-electron chi connectivity index (χ1n) is 9.02. The van der Waals surface area contributed by atoms with Crippen LogP contribution in [0, 0.1) is 0 Å². The minimum Gasteiger partial charge on any atom is -0.488 e. The molecule has 0 atom stereocenters. The average Bonchev–Trinajstić information content (AvgIpc) is 3.03. The van der Waals surface area contributed by atoms with Gasteiger partial charge in [-0.15, -0.1) is 0 Å². The number of hydrogen-bond acceptors (Lipinski definition) is 4. The van der Waals surface area contributed by atoms with Gasteiger partial charge in [0.1, 0.15) is 12.4 Å². The number of anilines is 1. The molecule has 1 aliphatic heterocycles. The third kappa shape index (κ3) is 4.38. The summed E-state index contributed by atoms with van der Waals surface area (Å²) in [4.78, 5) is 26.8. The normalized spacial score (nSPS) is 15.1. The summed E-state index contributed by atoms with van der Waals surface area (Å²) in [6.07, 6.45) is 1.68. The van der Waals surface area contributed by atoms with Gasteiger partial charge >= 0.3 is 0 Å². The number of carbonyl (C=O) groups is 2. The summed E-state index contributed by atoms with van der Waals surface area (Å²) in [6.45, 7) is 0.285. The number of imide groups is 1. The minimum absolute atomic E-state index is 0.285. The molecule has 3 aromatic carbocycles. The molecule has 0 bridgehead atoms. The second kappa shape index (κ2) is 8.96. The molecule has 0 unspecified atom stereocenters. The number of benzene rings is 3. The van der Waals surface area contributed by atoms with Gasteiger partial charge in [0, 0.05) is 5.56 Å². The zero-order chi connectivity index (χ0) is 21.1. The van der Waals surface area contributed by atoms with Crippen LogP contribution < -0.4 is 9.64 Å². The molecule has 0 N–H and O–H groups in total. The lowest BCUT2D eigenvalue weighted by Crippen LogP contribution is -2.27. The molecular weight excluding hydrogens is 441 g/mol. The smallest absolute Gasteiger partial charge is 0.298 e. The van der Waals surface area contributed by atoms with E-state index >= 15 is 0 Å². The quantitative estimate of drug-likeness (QED) is 0.396. The fraction of sp³-hybridized carbons (Fsp3) is 0.0435. The second-order valence-electron chi connectivity index (χ2n) is 6.43. The third-order valence-electron chi connectivity index (χ3n) is 4.39. The molecule has 1 fully saturated rings. The van der Waals surface area contributed by atoms with Crippen molar-refractivity contribution in [2.24, 2.45) is 0 Å². The van der Waals surface area contributed by atoms with Crippen LogP contribution in [-0.2, 0) is 11.4 Å². The lowest BCUT2D eigenvalue weighted by Gasteiger charge is -2.12. The van der Waals surface area contributed by atoms with Crippen LogP contribution in [0.5, 0.6) is 5.75 Å². The molecule has 0 saturated carbocycles. The zero-order valence-corrected chi connectivity index (χ0v) is 17.9. The SMILES string of the molecule is O=C1S/C(=C\c2ccccc2OCc2ccc(Cl)c(Cl)c2)C(=O)N1c1ccccc1. The topological polar surface area (TPSA) is 46.6 Å². The van der Waals surface area contributed by atoms with Crippen LogP contribution in [0.25, 0.3) is 6.08 Å². The number of ether oxygens (including phenoxy) is 1. The van der Waals surface area contributed by atoms with Gasteiger partial charge in [0.25, 0.3) is 11.1 Å². The maximum atomic E-state index is 12.8. The van der Waals surface area contributed by atoms with Crippen LogP contribution in [-0.4, -0.2) is 11.1 Å². The molecule has 3 aromatic rings. The Hall–Kier alpha value is -2.73. The molecular formula is C23H15Cl2NO3S. The van der Waals surface area contributed by atoms with E-state index in [0.29, 0.717) is 32.0 Å². The predicted molar refractivity (Wildman–Crippen MR) is 122 cm³/mol. The van der Waals surface area contributed by atoms with Crippen LogP contribution in [0.4, 0.5) is 10.5 Å². The summed E-state index contributed by atoms with van der Waals surface area (Å²) in [5.41, 5.74) is 2.12. The van der Waals surface area contributed by atoms with E-state index in [2.05, 4.69) is 0 Å². The molecule has 4 rings (SSSR count). The van der Waals surface area contributed by atoms with E-state index in [1.165, 1.54) is 4.90 Å². The maximum Gasteiger partial charge on any atom is 0.298 e. The number of halogens is 2. The molecule has 1 saturated heterocycles. The Morgan fingerprint density at radius 1 is 0.900 bits per heavy atom. The highest BCUT2D eigenvalue weighted by Gasteiger charge is 2.36. The van der Waals surface area contributed by atoms with Gasteiger partial charge in [0.15, 0.2) is 0 Å². The number of nitrogens with zero attached hydrogens (tertiary/aromatic N) is 1. The van der Waals surface area contributed by atoms with E-state index in [4.69, 9.17) is 27.9 Å². The second-order valence-corrected chi connectivity index (χ2v) is 8.24. The van der Waals surface area contributed by atoms with Crippen molar-refractivity contribution in [2.45, 2.75) is 6.61 Å². The Bertz CT molecular complexity index is 1150. The maximum absolute atomic E-state index is 12.8. The van der Waals surface area contributed by atoms with Crippen molar-refractivity contribution in [1.29, 1.82) is 0 Å². The summed E-state index contributed by atoms with van der Waals surface area (Å²) in [5, 5.41) is 0.613. The van der Waals surface area contributed by atoms with Crippen molar-refractivity contribution in [3.8, 4) is 5.75 Å². The van der Waals surface area contributed by atoms with E-state index in [0.717, 1.165) is 17.3 Å². The molecule has 150 valence electrons. The molecule has 7 heteroatoms. The van der Waals surface area contributed by atoms with Gasteiger partial charge in [-0.3, -0.25) is 9.59 Å². The van der Waals surface area contributed by atoms with Gasteiger partial charge in [0.05, 0.1) is 20.6 Å². The first-order chi connectivity index (χ1) is 14.5. The monoisotopic (exact) mass is 455 g/mol. The summed E-state index contributed by atoms with van der Waals surface area (Å²) in [5.74, 6) is 0.241. The van der Waals surface area contributed by atoms with E-state index in [1.807, 2.05) is 36.4 Å². The van der Waals surface area contributed by atoms with Gasteiger partial charge in [-0.05, 0) is 53.7 Å². The summed E-state index contributed by atoms with van der Waals surface area (Å²) >= 11 is 12.9. The van der Waals surface area contributed by atoms with Gasteiger partial charge in [-0.2, -0.15) is 0 Å². The van der Waals surface area contributed by atoms with Crippen LogP contribution in [0.1, 0.15) is 11.1 Å². The third-order valence-corrected chi connectivity index (χ3v) is 6.00. The van der Waals surface area contributed by atoms with Gasteiger partial charge < -0.3 is 4.74 Å². The van der Waals surface area contributed by atoms with Crippen molar-refractivity contribution < 1.29 is 14.3 Å². The van der Waals surface area contributed by atoms with E-state index in [1.54, 1.807) is 42.5 Å². The van der Waals surface area contributed by atoms with Crippen LogP contribution in [0.2, 0.25) is 10.0 Å². The number of thioether (sulfide) groups is 1. The average molecular weight is 456 g/mol. The van der Waals surface area contributed by atoms with Gasteiger partial charge in [-0.25, -0.2) is 4.90 Å². The molecule has 0 radical (unpaired) electrons. The summed E-state index contributed by atoms with van der Waals surface area (Å²) in [7, 11) is 0. The Morgan fingerprint density at radius 2 is 1.63 bits per heavy atom. The van der Waals surface area contributed by atoms with Crippen molar-refractivity contribution in [1.82, 2.24) is 0 Å². The molecule has 1 aliphatic rings. The molecule has 1 heterocycles. The Kier molecular flexibility index (Phi) is 6.13. The predicted octanol–water partition coefficient (Wildman–Crippen LogP) is 6.81. The zero-order valence-electron chi connectivity index (χ0n) is 15.5. The first kappa shape index (κ1) is 20.5. The molecule has 2 amide bonds. The van der Waals surface area contributed by atoms with Crippen molar-refractivity contribution >= 4 is 57.9 Å². The van der Waals surface area contributed by atoms with Crippen LogP contribution >= 0.6 is 35.0 Å². The minimum atomic E-state index is -0.351. The fourth-order valence-corrected chi connectivity index (χ4v) is 4.08. The standard InChI is InChI=1S/C23H15Cl2NO3S/c24-18-11-10-15(12-19(18)25)14-29-20-9-5-4-6-16(20)13-21-22(27)26(23(28)30-21)17-7-2-1-3-8-17/h1-13H,14H2/b21-13-. The fourth-order valence-electron chi connectivity index (χ4n) is 2.93. The Morgan fingerprint density at radius 3 is 2.40 bits per heavy atom. The highest BCUT2D eigenvalue weighted by atomic mass is 35.5. The molecule has 4 nitrogen and oxygen atoms in total. The number of rotatable bonds is 5. The largest absolute Gasteiger partial charge is 0.488 e. The van der Waals surface area contributed by atoms with Gasteiger partial charge in [-0.1, -0.05) is 65.7 Å². The van der Waals surface area contributed by atoms with Gasteiger partial charge in [0.2, 0.25) is 0 Å². The summed E-state index contributed by atoms with van der Waals surface area (Å²) < 4.78 is 5.94. The summed E-state index contributed by atoms with van der Waals surface area (Å²) in [6, 6.07) is 21.5. The molecule has 0 aromatic heterocycles. The Labute approximate surface area is 188 Å². The lowest BCUT2D eigenvalue weighted by atomic mass is 10.1.